The summed E-state index contributed by atoms with van der Waals surface area (Å²) in [5, 5.41) is 0. The molecule has 0 aliphatic heterocycles. The fourth-order valence-electron chi connectivity index (χ4n) is 2.62. The zero-order valence-corrected chi connectivity index (χ0v) is 11.5. The Morgan fingerprint density at radius 1 is 1.24 bits per heavy atom. The van der Waals surface area contributed by atoms with Crippen LogP contribution in [0.3, 0.4) is 0 Å². The summed E-state index contributed by atoms with van der Waals surface area (Å²) in [6, 6.07) is 0. The Morgan fingerprint density at radius 3 is 2.24 bits per heavy atom. The van der Waals surface area contributed by atoms with Crippen LogP contribution in [0.4, 0.5) is 0 Å². The first-order chi connectivity index (χ1) is 7.99. The van der Waals surface area contributed by atoms with Crippen molar-refractivity contribution < 1.29 is 9.53 Å². The standard InChI is InChI=1S/C15H26O2/c1-11(2)9-13-5-7-14(8-6-13)10-17-15(16)12(3)4/h11,13-14H,3,5-10H2,1-2,4H3. The second kappa shape index (κ2) is 6.83. The van der Waals surface area contributed by atoms with Crippen molar-refractivity contribution in [3.8, 4) is 0 Å². The molecule has 1 aliphatic rings. The lowest BCUT2D eigenvalue weighted by Gasteiger charge is -2.29. The summed E-state index contributed by atoms with van der Waals surface area (Å²) >= 11 is 0. The van der Waals surface area contributed by atoms with E-state index in [2.05, 4.69) is 20.4 Å². The van der Waals surface area contributed by atoms with Crippen molar-refractivity contribution in [3.05, 3.63) is 12.2 Å². The Labute approximate surface area is 105 Å². The van der Waals surface area contributed by atoms with E-state index < -0.39 is 0 Å². The smallest absolute Gasteiger partial charge is 0.333 e. The van der Waals surface area contributed by atoms with E-state index in [0.717, 1.165) is 11.8 Å². The Kier molecular flexibility index (Phi) is 5.73. The molecule has 0 heterocycles. The zero-order chi connectivity index (χ0) is 12.8. The first-order valence-electron chi connectivity index (χ1n) is 6.81. The molecular formula is C15H26O2. The molecule has 0 bridgehead atoms. The normalized spacial score (nSPS) is 24.7. The Balaban J connectivity index is 2.19. The lowest BCUT2D eigenvalue weighted by molar-refractivity contribution is -0.140. The molecule has 0 unspecified atom stereocenters. The van der Waals surface area contributed by atoms with Crippen LogP contribution in [0.2, 0.25) is 0 Å². The monoisotopic (exact) mass is 238 g/mol. The van der Waals surface area contributed by atoms with Crippen molar-refractivity contribution >= 4 is 5.97 Å². The molecule has 0 atom stereocenters. The molecule has 0 aromatic carbocycles. The molecule has 1 aliphatic carbocycles. The molecule has 1 rings (SSSR count). The van der Waals surface area contributed by atoms with E-state index in [0.29, 0.717) is 18.1 Å². The van der Waals surface area contributed by atoms with E-state index in [1.165, 1.54) is 32.1 Å². The first kappa shape index (κ1) is 14.3. The predicted octanol–water partition coefficient (Wildman–Crippen LogP) is 3.96. The largest absolute Gasteiger partial charge is 0.462 e. The third-order valence-corrected chi connectivity index (χ3v) is 3.57. The first-order valence-corrected chi connectivity index (χ1v) is 6.81. The van der Waals surface area contributed by atoms with Gasteiger partial charge in [-0.25, -0.2) is 4.79 Å². The maximum atomic E-state index is 11.3. The van der Waals surface area contributed by atoms with Gasteiger partial charge in [0.2, 0.25) is 0 Å². The molecule has 98 valence electrons. The van der Waals surface area contributed by atoms with Crippen molar-refractivity contribution in [1.82, 2.24) is 0 Å². The highest BCUT2D eigenvalue weighted by Gasteiger charge is 2.22. The van der Waals surface area contributed by atoms with Crippen LogP contribution in [0.5, 0.6) is 0 Å². The van der Waals surface area contributed by atoms with E-state index in [4.69, 9.17) is 4.74 Å². The van der Waals surface area contributed by atoms with Gasteiger partial charge in [-0.1, -0.05) is 33.3 Å². The second-order valence-corrected chi connectivity index (χ2v) is 5.90. The highest BCUT2D eigenvalue weighted by Crippen LogP contribution is 2.32. The van der Waals surface area contributed by atoms with Gasteiger partial charge >= 0.3 is 5.97 Å². The Morgan fingerprint density at radius 2 is 1.76 bits per heavy atom. The van der Waals surface area contributed by atoms with Crippen molar-refractivity contribution in [2.45, 2.75) is 52.9 Å². The van der Waals surface area contributed by atoms with Gasteiger partial charge < -0.3 is 4.74 Å². The highest BCUT2D eigenvalue weighted by atomic mass is 16.5. The lowest BCUT2D eigenvalue weighted by atomic mass is 9.79. The number of ether oxygens (including phenoxy) is 1. The third-order valence-electron chi connectivity index (χ3n) is 3.57. The van der Waals surface area contributed by atoms with E-state index in [1.807, 2.05) is 0 Å². The van der Waals surface area contributed by atoms with Crippen LogP contribution in [-0.2, 0) is 9.53 Å². The minimum absolute atomic E-state index is 0.241. The number of hydrogen-bond donors (Lipinski definition) is 0. The average molecular weight is 238 g/mol. The van der Waals surface area contributed by atoms with Gasteiger partial charge in [0.15, 0.2) is 0 Å². The van der Waals surface area contributed by atoms with Gasteiger partial charge in [0.1, 0.15) is 0 Å². The second-order valence-electron chi connectivity index (χ2n) is 5.90. The number of carbonyl (C=O) groups excluding carboxylic acids is 1. The molecule has 0 N–H and O–H groups in total. The molecule has 0 saturated heterocycles. The number of esters is 1. The van der Waals surface area contributed by atoms with Crippen LogP contribution in [0.25, 0.3) is 0 Å². The molecule has 0 aromatic heterocycles. The summed E-state index contributed by atoms with van der Waals surface area (Å²) in [4.78, 5) is 11.3. The molecule has 1 saturated carbocycles. The molecule has 0 aromatic rings. The molecule has 0 radical (unpaired) electrons. The van der Waals surface area contributed by atoms with Crippen LogP contribution < -0.4 is 0 Å². The topological polar surface area (TPSA) is 26.3 Å². The summed E-state index contributed by atoms with van der Waals surface area (Å²) in [5.74, 6) is 2.02. The maximum Gasteiger partial charge on any atom is 0.333 e. The fraction of sp³-hybridized carbons (Fsp3) is 0.800. The fourth-order valence-corrected chi connectivity index (χ4v) is 2.62. The van der Waals surface area contributed by atoms with Crippen molar-refractivity contribution in [1.29, 1.82) is 0 Å². The van der Waals surface area contributed by atoms with Crippen LogP contribution in [0.15, 0.2) is 12.2 Å². The molecule has 2 nitrogen and oxygen atoms in total. The van der Waals surface area contributed by atoms with E-state index in [9.17, 15) is 4.79 Å². The highest BCUT2D eigenvalue weighted by molar-refractivity contribution is 5.86. The van der Waals surface area contributed by atoms with Gasteiger partial charge in [-0.3, -0.25) is 0 Å². The minimum Gasteiger partial charge on any atom is -0.462 e. The molecular weight excluding hydrogens is 212 g/mol. The van der Waals surface area contributed by atoms with Crippen LogP contribution in [-0.4, -0.2) is 12.6 Å². The van der Waals surface area contributed by atoms with Crippen molar-refractivity contribution in [2.24, 2.45) is 17.8 Å². The van der Waals surface area contributed by atoms with Gasteiger partial charge in [0.05, 0.1) is 6.61 Å². The van der Waals surface area contributed by atoms with Crippen LogP contribution in [0.1, 0.15) is 52.9 Å². The third kappa shape index (κ3) is 5.38. The molecule has 0 amide bonds. The van der Waals surface area contributed by atoms with E-state index in [-0.39, 0.29) is 5.97 Å². The number of hydrogen-bond acceptors (Lipinski definition) is 2. The van der Waals surface area contributed by atoms with Crippen LogP contribution >= 0.6 is 0 Å². The summed E-state index contributed by atoms with van der Waals surface area (Å²) in [6.07, 6.45) is 6.36. The Bertz CT molecular complexity index is 260. The van der Waals surface area contributed by atoms with Gasteiger partial charge in [-0.05, 0) is 43.9 Å². The number of rotatable bonds is 5. The van der Waals surface area contributed by atoms with Gasteiger partial charge in [-0.15, -0.1) is 0 Å². The average Bonchev–Trinajstić information content (AvgIpc) is 2.26. The SMILES string of the molecule is C=C(C)C(=O)OCC1CCC(CC(C)C)CC1. The van der Waals surface area contributed by atoms with Crippen molar-refractivity contribution in [3.63, 3.8) is 0 Å². The van der Waals surface area contributed by atoms with E-state index in [1.54, 1.807) is 6.92 Å². The minimum atomic E-state index is -0.241. The lowest BCUT2D eigenvalue weighted by Crippen LogP contribution is -2.21. The Hall–Kier alpha value is -0.790. The molecule has 17 heavy (non-hydrogen) atoms. The summed E-state index contributed by atoms with van der Waals surface area (Å²) in [7, 11) is 0. The van der Waals surface area contributed by atoms with Crippen LogP contribution in [0, 0.1) is 17.8 Å². The van der Waals surface area contributed by atoms with Gasteiger partial charge in [-0.2, -0.15) is 0 Å². The predicted molar refractivity (Wildman–Crippen MR) is 70.7 cm³/mol. The quantitative estimate of drug-likeness (QED) is 0.535. The van der Waals surface area contributed by atoms with Gasteiger partial charge in [0, 0.05) is 5.57 Å². The maximum absolute atomic E-state index is 11.3. The summed E-state index contributed by atoms with van der Waals surface area (Å²) < 4.78 is 5.22. The molecule has 0 spiro atoms. The molecule has 2 heteroatoms. The molecule has 1 fully saturated rings. The van der Waals surface area contributed by atoms with Crippen molar-refractivity contribution in [2.75, 3.05) is 6.61 Å². The van der Waals surface area contributed by atoms with E-state index >= 15 is 0 Å². The summed E-state index contributed by atoms with van der Waals surface area (Å²) in [5.41, 5.74) is 0.499. The van der Waals surface area contributed by atoms with Gasteiger partial charge in [0.25, 0.3) is 0 Å². The number of carbonyl (C=O) groups is 1. The zero-order valence-electron chi connectivity index (χ0n) is 11.5. The summed E-state index contributed by atoms with van der Waals surface area (Å²) in [6.45, 7) is 10.5.